The van der Waals surface area contributed by atoms with Crippen LogP contribution < -0.4 is 10.6 Å². The van der Waals surface area contributed by atoms with Crippen molar-refractivity contribution < 1.29 is 18.4 Å². The molecule has 22 heavy (non-hydrogen) atoms. The van der Waals surface area contributed by atoms with Crippen LogP contribution in [0.1, 0.15) is 10.4 Å². The van der Waals surface area contributed by atoms with E-state index >= 15 is 0 Å². The molecule has 0 fully saturated rings. The Balaban J connectivity index is 1.88. The summed E-state index contributed by atoms with van der Waals surface area (Å²) >= 11 is 3.27. The molecule has 2 aromatic rings. The Bertz CT molecular complexity index is 705. The molecular weight excluding hydrogens is 358 g/mol. The number of hydrogen-bond donors (Lipinski definition) is 2. The molecule has 4 nitrogen and oxygen atoms in total. The zero-order valence-electron chi connectivity index (χ0n) is 11.2. The Morgan fingerprint density at radius 1 is 1.00 bits per heavy atom. The summed E-state index contributed by atoms with van der Waals surface area (Å²) in [5, 5.41) is 4.92. The van der Waals surface area contributed by atoms with Gasteiger partial charge in [-0.2, -0.15) is 0 Å². The molecule has 0 bridgehead atoms. The minimum absolute atomic E-state index is 0.0599. The Labute approximate surface area is 133 Å². The van der Waals surface area contributed by atoms with E-state index in [0.717, 1.165) is 22.7 Å². The maximum Gasteiger partial charge on any atom is 0.251 e. The van der Waals surface area contributed by atoms with Crippen molar-refractivity contribution in [3.05, 3.63) is 64.1 Å². The summed E-state index contributed by atoms with van der Waals surface area (Å²) < 4.78 is 26.7. The van der Waals surface area contributed by atoms with Gasteiger partial charge < -0.3 is 10.6 Å². The van der Waals surface area contributed by atoms with Gasteiger partial charge in [0.05, 0.1) is 6.54 Å². The summed E-state index contributed by atoms with van der Waals surface area (Å²) in [5.41, 5.74) is 0.519. The topological polar surface area (TPSA) is 58.2 Å². The number of nitrogens with one attached hydrogen (secondary N) is 2. The third-order valence-corrected chi connectivity index (χ3v) is 3.25. The predicted molar refractivity (Wildman–Crippen MR) is 81.5 cm³/mol. The molecule has 0 atom stereocenters. The lowest BCUT2D eigenvalue weighted by Gasteiger charge is -2.07. The van der Waals surface area contributed by atoms with Crippen LogP contribution in [0.15, 0.2) is 46.9 Å². The van der Waals surface area contributed by atoms with E-state index in [1.54, 1.807) is 24.3 Å². The van der Waals surface area contributed by atoms with Gasteiger partial charge in [0.15, 0.2) is 11.6 Å². The normalized spacial score (nSPS) is 10.1. The second-order valence-electron chi connectivity index (χ2n) is 4.37. The second-order valence-corrected chi connectivity index (χ2v) is 5.28. The zero-order valence-corrected chi connectivity index (χ0v) is 12.8. The fraction of sp³-hybridized carbons (Fsp3) is 0.0667. The van der Waals surface area contributed by atoms with Crippen molar-refractivity contribution in [3.8, 4) is 0 Å². The monoisotopic (exact) mass is 368 g/mol. The number of benzene rings is 2. The molecule has 2 aromatic carbocycles. The quantitative estimate of drug-likeness (QED) is 0.870. The summed E-state index contributed by atoms with van der Waals surface area (Å²) in [7, 11) is 0. The van der Waals surface area contributed by atoms with E-state index < -0.39 is 23.4 Å². The van der Waals surface area contributed by atoms with Crippen LogP contribution in [0, 0.1) is 11.6 Å². The summed E-state index contributed by atoms with van der Waals surface area (Å²) in [4.78, 5) is 23.4. The van der Waals surface area contributed by atoms with Crippen molar-refractivity contribution in [2.24, 2.45) is 0 Å². The van der Waals surface area contributed by atoms with Gasteiger partial charge in [0.1, 0.15) is 0 Å². The SMILES string of the molecule is O=C(CNC(=O)c1ccc(F)c(F)c1)Nc1ccc(Br)cc1. The highest BCUT2D eigenvalue weighted by Gasteiger charge is 2.11. The molecule has 0 aliphatic carbocycles. The smallest absolute Gasteiger partial charge is 0.251 e. The number of halogens is 3. The van der Waals surface area contributed by atoms with Crippen LogP contribution in [0.25, 0.3) is 0 Å². The van der Waals surface area contributed by atoms with E-state index in [4.69, 9.17) is 0 Å². The maximum absolute atomic E-state index is 13.0. The van der Waals surface area contributed by atoms with Gasteiger partial charge in [-0.05, 0) is 42.5 Å². The average Bonchev–Trinajstić information content (AvgIpc) is 2.50. The fourth-order valence-corrected chi connectivity index (χ4v) is 1.90. The maximum atomic E-state index is 13.0. The van der Waals surface area contributed by atoms with Crippen molar-refractivity contribution in [2.75, 3.05) is 11.9 Å². The van der Waals surface area contributed by atoms with Crippen LogP contribution >= 0.6 is 15.9 Å². The number of anilines is 1. The Hall–Kier alpha value is -2.28. The van der Waals surface area contributed by atoms with Crippen molar-refractivity contribution in [1.29, 1.82) is 0 Å². The lowest BCUT2D eigenvalue weighted by Crippen LogP contribution is -2.32. The molecule has 7 heteroatoms. The predicted octanol–water partition coefficient (Wildman–Crippen LogP) is 3.10. The van der Waals surface area contributed by atoms with E-state index in [1.165, 1.54) is 0 Å². The minimum atomic E-state index is -1.12. The lowest BCUT2D eigenvalue weighted by atomic mass is 10.2. The molecule has 0 aliphatic rings. The summed E-state index contributed by atoms with van der Waals surface area (Å²) in [6, 6.07) is 9.67. The standard InChI is InChI=1S/C15H11BrF2N2O2/c16-10-2-4-11(5-3-10)20-14(21)8-19-15(22)9-1-6-12(17)13(18)7-9/h1-7H,8H2,(H,19,22)(H,20,21). The van der Waals surface area contributed by atoms with Gasteiger partial charge >= 0.3 is 0 Å². The molecule has 2 N–H and O–H groups in total. The molecule has 0 aliphatic heterocycles. The van der Waals surface area contributed by atoms with Crippen molar-refractivity contribution in [1.82, 2.24) is 5.32 Å². The van der Waals surface area contributed by atoms with Crippen LogP contribution in [-0.4, -0.2) is 18.4 Å². The summed E-state index contributed by atoms with van der Waals surface area (Å²) in [6.45, 7) is -0.284. The van der Waals surface area contributed by atoms with E-state index in [1.807, 2.05) is 0 Å². The van der Waals surface area contributed by atoms with Gasteiger partial charge in [0, 0.05) is 15.7 Å². The van der Waals surface area contributed by atoms with E-state index in [9.17, 15) is 18.4 Å². The van der Waals surface area contributed by atoms with Gasteiger partial charge in [-0.25, -0.2) is 8.78 Å². The van der Waals surface area contributed by atoms with Gasteiger partial charge in [-0.3, -0.25) is 9.59 Å². The number of carbonyl (C=O) groups is 2. The van der Waals surface area contributed by atoms with Crippen LogP contribution in [0.3, 0.4) is 0 Å². The van der Waals surface area contributed by atoms with Crippen LogP contribution in [0.5, 0.6) is 0 Å². The van der Waals surface area contributed by atoms with Crippen LogP contribution in [-0.2, 0) is 4.79 Å². The molecule has 0 saturated heterocycles. The Morgan fingerprint density at radius 3 is 2.32 bits per heavy atom. The molecule has 0 radical (unpaired) electrons. The lowest BCUT2D eigenvalue weighted by molar-refractivity contribution is -0.115. The average molecular weight is 369 g/mol. The highest BCUT2D eigenvalue weighted by Crippen LogP contribution is 2.13. The third-order valence-electron chi connectivity index (χ3n) is 2.72. The first-order valence-electron chi connectivity index (χ1n) is 6.24. The Morgan fingerprint density at radius 2 is 1.68 bits per heavy atom. The number of carbonyl (C=O) groups excluding carboxylic acids is 2. The molecule has 0 heterocycles. The minimum Gasteiger partial charge on any atom is -0.343 e. The van der Waals surface area contributed by atoms with Crippen LogP contribution in [0.4, 0.5) is 14.5 Å². The first-order chi connectivity index (χ1) is 10.5. The van der Waals surface area contributed by atoms with Gasteiger partial charge in [-0.1, -0.05) is 15.9 Å². The Kier molecular flexibility index (Phi) is 5.21. The van der Waals surface area contributed by atoms with E-state index in [-0.39, 0.29) is 12.1 Å². The number of hydrogen-bond acceptors (Lipinski definition) is 2. The fourth-order valence-electron chi connectivity index (χ4n) is 1.64. The van der Waals surface area contributed by atoms with Crippen LogP contribution in [0.2, 0.25) is 0 Å². The van der Waals surface area contributed by atoms with E-state index in [2.05, 4.69) is 26.6 Å². The number of amides is 2. The first-order valence-corrected chi connectivity index (χ1v) is 7.03. The first kappa shape index (κ1) is 16.1. The van der Waals surface area contributed by atoms with Crippen molar-refractivity contribution in [2.45, 2.75) is 0 Å². The third kappa shape index (κ3) is 4.36. The van der Waals surface area contributed by atoms with Crippen molar-refractivity contribution >= 4 is 33.4 Å². The molecule has 0 saturated carbocycles. The molecule has 114 valence electrons. The molecule has 2 rings (SSSR count). The van der Waals surface area contributed by atoms with Crippen molar-refractivity contribution in [3.63, 3.8) is 0 Å². The molecular formula is C15H11BrF2N2O2. The summed E-state index contributed by atoms with van der Waals surface area (Å²) in [5.74, 6) is -3.25. The highest BCUT2D eigenvalue weighted by molar-refractivity contribution is 9.10. The van der Waals surface area contributed by atoms with Gasteiger partial charge in [0.25, 0.3) is 5.91 Å². The second kappa shape index (κ2) is 7.13. The molecule has 0 unspecified atom stereocenters. The summed E-state index contributed by atoms with van der Waals surface area (Å²) in [6.07, 6.45) is 0. The largest absolute Gasteiger partial charge is 0.343 e. The van der Waals surface area contributed by atoms with Gasteiger partial charge in [-0.15, -0.1) is 0 Å². The zero-order chi connectivity index (χ0) is 16.1. The molecule has 2 amide bonds. The van der Waals surface area contributed by atoms with Gasteiger partial charge in [0.2, 0.25) is 5.91 Å². The van der Waals surface area contributed by atoms with E-state index in [0.29, 0.717) is 5.69 Å². The molecule has 0 aromatic heterocycles. The number of rotatable bonds is 4. The molecule has 0 spiro atoms. The highest BCUT2D eigenvalue weighted by atomic mass is 79.9.